The maximum absolute atomic E-state index is 12.8. The van der Waals surface area contributed by atoms with Gasteiger partial charge >= 0.3 is 0 Å². The van der Waals surface area contributed by atoms with E-state index in [1.54, 1.807) is 0 Å². The van der Waals surface area contributed by atoms with Crippen LogP contribution in [0.1, 0.15) is 23.6 Å². The van der Waals surface area contributed by atoms with Gasteiger partial charge in [0.2, 0.25) is 5.91 Å². The van der Waals surface area contributed by atoms with Crippen molar-refractivity contribution in [1.82, 2.24) is 4.90 Å². The molecule has 0 aliphatic carbocycles. The number of nitrogens with zero attached hydrogens (tertiary/aromatic N) is 2. The van der Waals surface area contributed by atoms with Gasteiger partial charge in [-0.25, -0.2) is 0 Å². The third-order valence-corrected chi connectivity index (χ3v) is 5.14. The summed E-state index contributed by atoms with van der Waals surface area (Å²) in [6.45, 7) is 4.28. The minimum atomic E-state index is 0.239. The Kier molecular flexibility index (Phi) is 3.56. The molecule has 2 aliphatic rings. The average Bonchev–Trinajstić information content (AvgIpc) is 2.90. The quantitative estimate of drug-likeness (QED) is 0.851. The average molecular weight is 306 g/mol. The molecular weight excluding hydrogens is 284 g/mol. The van der Waals surface area contributed by atoms with E-state index in [1.807, 2.05) is 4.90 Å². The van der Waals surface area contributed by atoms with E-state index in [4.69, 9.17) is 0 Å². The number of anilines is 1. The van der Waals surface area contributed by atoms with Crippen LogP contribution in [0.5, 0.6) is 0 Å². The summed E-state index contributed by atoms with van der Waals surface area (Å²) in [5, 5.41) is 0. The summed E-state index contributed by atoms with van der Waals surface area (Å²) in [7, 11) is 0. The summed E-state index contributed by atoms with van der Waals surface area (Å²) < 4.78 is 0. The standard InChI is InChI=1S/C20H22N2O/c1-15-12-17-7-4-5-9-19(17)22(15)14-20(23)21-11-10-16-6-2-3-8-18(16)13-21/h2-9,15H,10-14H2,1H3/t15-/m0/s1. The normalized spacial score (nSPS) is 19.4. The van der Waals surface area contributed by atoms with Gasteiger partial charge in [-0.3, -0.25) is 4.79 Å². The number of carbonyl (C=O) groups excluding carboxylic acids is 1. The second-order valence-electron chi connectivity index (χ2n) is 6.64. The Bertz CT molecular complexity index is 740. The summed E-state index contributed by atoms with van der Waals surface area (Å²) in [4.78, 5) is 17.1. The van der Waals surface area contributed by atoms with Crippen molar-refractivity contribution in [2.45, 2.75) is 32.4 Å². The number of fused-ring (bicyclic) bond motifs is 2. The minimum absolute atomic E-state index is 0.239. The van der Waals surface area contributed by atoms with Gasteiger partial charge in [0.25, 0.3) is 0 Å². The molecule has 0 radical (unpaired) electrons. The Morgan fingerprint density at radius 1 is 1.04 bits per heavy atom. The highest BCUT2D eigenvalue weighted by Crippen LogP contribution is 2.31. The maximum atomic E-state index is 12.8. The van der Waals surface area contributed by atoms with Crippen LogP contribution in [-0.2, 0) is 24.2 Å². The largest absolute Gasteiger partial charge is 0.359 e. The second-order valence-corrected chi connectivity index (χ2v) is 6.64. The van der Waals surface area contributed by atoms with Gasteiger partial charge in [0.05, 0.1) is 6.54 Å². The molecule has 0 aromatic heterocycles. The molecule has 4 rings (SSSR count). The van der Waals surface area contributed by atoms with Crippen molar-refractivity contribution in [2.24, 2.45) is 0 Å². The first kappa shape index (κ1) is 14.3. The fraction of sp³-hybridized carbons (Fsp3) is 0.350. The van der Waals surface area contributed by atoms with Gasteiger partial charge in [0, 0.05) is 24.8 Å². The number of hydrogen-bond donors (Lipinski definition) is 0. The Morgan fingerprint density at radius 3 is 2.57 bits per heavy atom. The number of hydrogen-bond acceptors (Lipinski definition) is 2. The van der Waals surface area contributed by atoms with Crippen LogP contribution >= 0.6 is 0 Å². The van der Waals surface area contributed by atoms with Crippen LogP contribution < -0.4 is 4.90 Å². The number of amides is 1. The molecular formula is C20H22N2O. The third-order valence-electron chi connectivity index (χ3n) is 5.14. The van der Waals surface area contributed by atoms with Gasteiger partial charge in [-0.1, -0.05) is 42.5 Å². The first-order chi connectivity index (χ1) is 11.2. The SMILES string of the molecule is C[C@H]1Cc2ccccc2N1CC(=O)N1CCc2ccccc2C1. The molecule has 2 aromatic carbocycles. The molecule has 0 unspecified atom stereocenters. The van der Waals surface area contributed by atoms with Gasteiger partial charge in [-0.05, 0) is 42.5 Å². The highest BCUT2D eigenvalue weighted by molar-refractivity contribution is 5.83. The third kappa shape index (κ3) is 2.61. The monoisotopic (exact) mass is 306 g/mol. The first-order valence-corrected chi connectivity index (χ1v) is 8.41. The van der Waals surface area contributed by atoms with E-state index >= 15 is 0 Å². The van der Waals surface area contributed by atoms with E-state index in [0.717, 1.165) is 25.9 Å². The first-order valence-electron chi connectivity index (χ1n) is 8.41. The predicted octanol–water partition coefficient (Wildman–Crippen LogP) is 3.02. The van der Waals surface area contributed by atoms with Gasteiger partial charge in [-0.2, -0.15) is 0 Å². The number of benzene rings is 2. The summed E-state index contributed by atoms with van der Waals surface area (Å²) in [5.41, 5.74) is 5.26. The topological polar surface area (TPSA) is 23.6 Å². The highest BCUT2D eigenvalue weighted by atomic mass is 16.2. The number of para-hydroxylation sites is 1. The molecule has 1 atom stereocenters. The molecule has 0 bridgehead atoms. The van der Waals surface area contributed by atoms with Crippen molar-refractivity contribution in [3.05, 3.63) is 65.2 Å². The van der Waals surface area contributed by atoms with Crippen LogP contribution in [0.2, 0.25) is 0 Å². The van der Waals surface area contributed by atoms with E-state index in [0.29, 0.717) is 12.6 Å². The molecule has 23 heavy (non-hydrogen) atoms. The minimum Gasteiger partial charge on any atom is -0.359 e. The fourth-order valence-corrected chi connectivity index (χ4v) is 3.82. The summed E-state index contributed by atoms with van der Waals surface area (Å²) in [6, 6.07) is 17.3. The van der Waals surface area contributed by atoms with E-state index in [-0.39, 0.29) is 5.91 Å². The van der Waals surface area contributed by atoms with Crippen LogP contribution in [0.15, 0.2) is 48.5 Å². The lowest BCUT2D eigenvalue weighted by molar-refractivity contribution is -0.130. The smallest absolute Gasteiger partial charge is 0.242 e. The zero-order valence-corrected chi connectivity index (χ0v) is 13.5. The van der Waals surface area contributed by atoms with Crippen molar-refractivity contribution in [2.75, 3.05) is 18.0 Å². The van der Waals surface area contributed by atoms with Crippen LogP contribution in [0.3, 0.4) is 0 Å². The zero-order chi connectivity index (χ0) is 15.8. The molecule has 2 aliphatic heterocycles. The summed E-state index contributed by atoms with van der Waals surface area (Å²) in [6.07, 6.45) is 2.00. The van der Waals surface area contributed by atoms with Crippen molar-refractivity contribution in [3.63, 3.8) is 0 Å². The molecule has 118 valence electrons. The van der Waals surface area contributed by atoms with Crippen molar-refractivity contribution in [3.8, 4) is 0 Å². The maximum Gasteiger partial charge on any atom is 0.242 e. The van der Waals surface area contributed by atoms with Crippen LogP contribution in [0.25, 0.3) is 0 Å². The van der Waals surface area contributed by atoms with Gasteiger partial charge in [-0.15, -0.1) is 0 Å². The Balaban J connectivity index is 1.49. The molecule has 3 heteroatoms. The molecule has 0 spiro atoms. The van der Waals surface area contributed by atoms with E-state index in [1.165, 1.54) is 22.4 Å². The van der Waals surface area contributed by atoms with Crippen LogP contribution in [0.4, 0.5) is 5.69 Å². The molecule has 0 N–H and O–H groups in total. The fourth-order valence-electron chi connectivity index (χ4n) is 3.82. The van der Waals surface area contributed by atoms with Crippen LogP contribution in [-0.4, -0.2) is 29.9 Å². The Labute approximate surface area is 137 Å². The lowest BCUT2D eigenvalue weighted by atomic mass is 10.00. The van der Waals surface area contributed by atoms with E-state index < -0.39 is 0 Å². The van der Waals surface area contributed by atoms with Crippen molar-refractivity contribution < 1.29 is 4.79 Å². The Morgan fingerprint density at radius 2 is 1.74 bits per heavy atom. The van der Waals surface area contributed by atoms with Crippen LogP contribution in [0, 0.1) is 0 Å². The highest BCUT2D eigenvalue weighted by Gasteiger charge is 2.29. The van der Waals surface area contributed by atoms with E-state index in [9.17, 15) is 4.79 Å². The van der Waals surface area contributed by atoms with Gasteiger partial charge in [0.15, 0.2) is 0 Å². The number of carbonyl (C=O) groups is 1. The van der Waals surface area contributed by atoms with Crippen molar-refractivity contribution >= 4 is 11.6 Å². The molecule has 0 saturated carbocycles. The molecule has 0 saturated heterocycles. The molecule has 0 fully saturated rings. The molecule has 2 aromatic rings. The van der Waals surface area contributed by atoms with Gasteiger partial charge in [0.1, 0.15) is 0 Å². The molecule has 3 nitrogen and oxygen atoms in total. The summed E-state index contributed by atoms with van der Waals surface area (Å²) >= 11 is 0. The predicted molar refractivity (Wildman–Crippen MR) is 92.5 cm³/mol. The lowest BCUT2D eigenvalue weighted by Gasteiger charge is -2.32. The van der Waals surface area contributed by atoms with Crippen molar-refractivity contribution in [1.29, 1.82) is 0 Å². The zero-order valence-electron chi connectivity index (χ0n) is 13.5. The second kappa shape index (κ2) is 5.73. The Hall–Kier alpha value is -2.29. The number of rotatable bonds is 2. The molecule has 1 amide bonds. The summed E-state index contributed by atoms with van der Waals surface area (Å²) in [5.74, 6) is 0.239. The van der Waals surface area contributed by atoms with Gasteiger partial charge < -0.3 is 9.80 Å². The van der Waals surface area contributed by atoms with E-state index in [2.05, 4.69) is 60.4 Å². The molecule has 2 heterocycles. The lowest BCUT2D eigenvalue weighted by Crippen LogP contribution is -2.44.